The Morgan fingerprint density at radius 1 is 1.19 bits per heavy atom. The molecule has 0 aliphatic heterocycles. The normalized spacial score (nSPS) is 10.8. The highest BCUT2D eigenvalue weighted by atomic mass is 79.9. The van der Waals surface area contributed by atoms with Gasteiger partial charge in [-0.25, -0.2) is 0 Å². The number of aromatic nitrogens is 2. The zero-order chi connectivity index (χ0) is 21.8. The van der Waals surface area contributed by atoms with Crippen LogP contribution in [0.4, 0.5) is 5.69 Å². The van der Waals surface area contributed by atoms with Crippen molar-refractivity contribution < 1.29 is 13.9 Å². The molecule has 0 spiro atoms. The number of amides is 1. The van der Waals surface area contributed by atoms with Crippen LogP contribution in [0.2, 0.25) is 5.02 Å². The van der Waals surface area contributed by atoms with Gasteiger partial charge in [-0.05, 0) is 48.4 Å². The fraction of sp³-hybridized carbons (Fsp3) is 0.130. The molecule has 0 aliphatic carbocycles. The quantitative estimate of drug-likeness (QED) is 0.334. The Balaban J connectivity index is 1.35. The van der Waals surface area contributed by atoms with Crippen molar-refractivity contribution >= 4 is 39.1 Å². The number of ether oxygens (including phenoxy) is 1. The van der Waals surface area contributed by atoms with E-state index in [1.54, 1.807) is 35.3 Å². The van der Waals surface area contributed by atoms with Crippen LogP contribution in [0.3, 0.4) is 0 Å². The summed E-state index contributed by atoms with van der Waals surface area (Å²) < 4.78 is 14.2. The van der Waals surface area contributed by atoms with Gasteiger partial charge in [0.1, 0.15) is 18.1 Å². The summed E-state index contributed by atoms with van der Waals surface area (Å²) in [4.78, 5) is 12.5. The molecular weight excluding hydrogens is 482 g/mol. The van der Waals surface area contributed by atoms with Crippen molar-refractivity contribution in [2.45, 2.75) is 20.1 Å². The Morgan fingerprint density at radius 2 is 2.00 bits per heavy atom. The Bertz CT molecular complexity index is 1180. The first-order valence-corrected chi connectivity index (χ1v) is 10.7. The first kappa shape index (κ1) is 21.2. The monoisotopic (exact) mass is 499 g/mol. The number of furan rings is 1. The van der Waals surface area contributed by atoms with E-state index in [4.69, 9.17) is 20.8 Å². The number of nitrogens with zero attached hydrogens (tertiary/aromatic N) is 2. The number of carbonyl (C=O) groups excluding carboxylic acids is 1. The van der Waals surface area contributed by atoms with Gasteiger partial charge in [-0.3, -0.25) is 9.48 Å². The minimum Gasteiger partial charge on any atom is -0.484 e. The highest BCUT2D eigenvalue weighted by Crippen LogP contribution is 2.28. The number of halogens is 2. The molecule has 1 amide bonds. The largest absolute Gasteiger partial charge is 0.484 e. The summed E-state index contributed by atoms with van der Waals surface area (Å²) in [6.07, 6.45) is 3.37. The number of aryl methyl sites for hydroxylation is 1. The summed E-state index contributed by atoms with van der Waals surface area (Å²) in [7, 11) is 0. The smallest absolute Gasteiger partial charge is 0.291 e. The predicted octanol–water partition coefficient (Wildman–Crippen LogP) is 6.08. The van der Waals surface area contributed by atoms with Crippen LogP contribution in [0.5, 0.6) is 5.75 Å². The second kappa shape index (κ2) is 9.41. The van der Waals surface area contributed by atoms with E-state index >= 15 is 0 Å². The molecule has 158 valence electrons. The van der Waals surface area contributed by atoms with Crippen LogP contribution in [-0.2, 0) is 13.2 Å². The highest BCUT2D eigenvalue weighted by molar-refractivity contribution is 9.10. The maximum absolute atomic E-state index is 12.5. The molecule has 0 radical (unpaired) electrons. The maximum Gasteiger partial charge on any atom is 0.291 e. The first-order valence-electron chi connectivity index (χ1n) is 9.53. The molecule has 0 saturated carbocycles. The van der Waals surface area contributed by atoms with Crippen molar-refractivity contribution in [3.63, 3.8) is 0 Å². The lowest BCUT2D eigenvalue weighted by Gasteiger charge is -2.09. The molecule has 0 aliphatic rings. The number of para-hydroxylation sites is 1. The Labute approximate surface area is 192 Å². The summed E-state index contributed by atoms with van der Waals surface area (Å²) in [6.45, 7) is 2.69. The molecule has 0 fully saturated rings. The van der Waals surface area contributed by atoms with E-state index in [0.29, 0.717) is 28.8 Å². The van der Waals surface area contributed by atoms with Gasteiger partial charge in [0, 0.05) is 10.7 Å². The SMILES string of the molecule is Cc1cccc(Cl)c1OCc1ccc(C(=O)Nc2cnn(Cc3ccc(Br)cc3)c2)o1. The third kappa shape index (κ3) is 5.37. The molecule has 4 aromatic rings. The minimum atomic E-state index is -0.358. The van der Waals surface area contributed by atoms with Crippen molar-refractivity contribution in [3.8, 4) is 5.75 Å². The molecule has 2 heterocycles. The predicted molar refractivity (Wildman–Crippen MR) is 123 cm³/mol. The maximum atomic E-state index is 12.5. The number of hydrogen-bond donors (Lipinski definition) is 1. The van der Waals surface area contributed by atoms with Crippen LogP contribution in [0.25, 0.3) is 0 Å². The van der Waals surface area contributed by atoms with Gasteiger partial charge in [-0.2, -0.15) is 5.10 Å². The van der Waals surface area contributed by atoms with Gasteiger partial charge in [0.05, 0.1) is 23.5 Å². The summed E-state index contributed by atoms with van der Waals surface area (Å²) >= 11 is 9.59. The second-order valence-electron chi connectivity index (χ2n) is 6.95. The van der Waals surface area contributed by atoms with E-state index in [1.165, 1.54) is 0 Å². The molecule has 1 N–H and O–H groups in total. The van der Waals surface area contributed by atoms with E-state index in [2.05, 4.69) is 26.3 Å². The van der Waals surface area contributed by atoms with Gasteiger partial charge in [-0.15, -0.1) is 0 Å². The molecule has 8 heteroatoms. The van der Waals surface area contributed by atoms with E-state index in [9.17, 15) is 4.79 Å². The lowest BCUT2D eigenvalue weighted by atomic mass is 10.2. The average Bonchev–Trinajstić information content (AvgIpc) is 3.39. The van der Waals surface area contributed by atoms with Crippen molar-refractivity contribution in [2.24, 2.45) is 0 Å². The van der Waals surface area contributed by atoms with Gasteiger partial charge in [0.25, 0.3) is 5.91 Å². The summed E-state index contributed by atoms with van der Waals surface area (Å²) in [5, 5.41) is 7.62. The molecule has 0 unspecified atom stereocenters. The topological polar surface area (TPSA) is 69.3 Å². The van der Waals surface area contributed by atoms with Crippen LogP contribution >= 0.6 is 27.5 Å². The second-order valence-corrected chi connectivity index (χ2v) is 8.27. The van der Waals surface area contributed by atoms with Crippen LogP contribution in [0.1, 0.15) is 27.4 Å². The fourth-order valence-electron chi connectivity index (χ4n) is 3.00. The number of benzene rings is 2. The number of carbonyl (C=O) groups is 1. The lowest BCUT2D eigenvalue weighted by Crippen LogP contribution is -2.10. The van der Waals surface area contributed by atoms with Gasteiger partial charge < -0.3 is 14.5 Å². The highest BCUT2D eigenvalue weighted by Gasteiger charge is 2.14. The number of nitrogens with one attached hydrogen (secondary N) is 1. The minimum absolute atomic E-state index is 0.170. The van der Waals surface area contributed by atoms with E-state index in [0.717, 1.165) is 15.6 Å². The zero-order valence-electron chi connectivity index (χ0n) is 16.6. The van der Waals surface area contributed by atoms with Gasteiger partial charge in [-0.1, -0.05) is 51.8 Å². The molecule has 0 atom stereocenters. The van der Waals surface area contributed by atoms with Crippen molar-refractivity contribution in [1.29, 1.82) is 0 Å². The number of anilines is 1. The molecule has 0 saturated heterocycles. The zero-order valence-corrected chi connectivity index (χ0v) is 19.0. The number of rotatable bonds is 7. The van der Waals surface area contributed by atoms with E-state index in [1.807, 2.05) is 43.3 Å². The van der Waals surface area contributed by atoms with Gasteiger partial charge in [0.15, 0.2) is 5.76 Å². The van der Waals surface area contributed by atoms with Crippen LogP contribution in [0, 0.1) is 6.92 Å². The molecule has 2 aromatic heterocycles. The number of hydrogen-bond acceptors (Lipinski definition) is 4. The third-order valence-electron chi connectivity index (χ3n) is 4.56. The molecule has 2 aromatic carbocycles. The summed E-state index contributed by atoms with van der Waals surface area (Å²) in [5.74, 6) is 0.957. The van der Waals surface area contributed by atoms with Crippen molar-refractivity contribution in [2.75, 3.05) is 5.32 Å². The molecular formula is C23H19BrClN3O3. The van der Waals surface area contributed by atoms with Crippen LogP contribution in [0.15, 0.2) is 75.9 Å². The van der Waals surface area contributed by atoms with Crippen molar-refractivity contribution in [1.82, 2.24) is 9.78 Å². The summed E-state index contributed by atoms with van der Waals surface area (Å²) in [5.41, 5.74) is 2.62. The van der Waals surface area contributed by atoms with Gasteiger partial charge >= 0.3 is 0 Å². The average molecular weight is 501 g/mol. The Kier molecular flexibility index (Phi) is 6.44. The van der Waals surface area contributed by atoms with E-state index in [-0.39, 0.29) is 18.3 Å². The van der Waals surface area contributed by atoms with Crippen LogP contribution < -0.4 is 10.1 Å². The van der Waals surface area contributed by atoms with Gasteiger partial charge in [0.2, 0.25) is 0 Å². The van der Waals surface area contributed by atoms with Crippen molar-refractivity contribution in [3.05, 3.63) is 99.1 Å². The first-order chi connectivity index (χ1) is 15.0. The Hall–Kier alpha value is -3.03. The lowest BCUT2D eigenvalue weighted by molar-refractivity contribution is 0.0992. The molecule has 4 rings (SSSR count). The molecule has 0 bridgehead atoms. The fourth-order valence-corrected chi connectivity index (χ4v) is 3.55. The molecule has 6 nitrogen and oxygen atoms in total. The summed E-state index contributed by atoms with van der Waals surface area (Å²) in [6, 6.07) is 16.8. The van der Waals surface area contributed by atoms with Crippen LogP contribution in [-0.4, -0.2) is 15.7 Å². The molecule has 31 heavy (non-hydrogen) atoms. The van der Waals surface area contributed by atoms with E-state index < -0.39 is 0 Å². The third-order valence-corrected chi connectivity index (χ3v) is 5.38. The standard InChI is InChI=1S/C23H19BrClN3O3/c1-15-3-2-4-20(25)22(15)30-14-19-9-10-21(31-19)23(29)27-18-11-26-28(13-18)12-16-5-7-17(24)8-6-16/h2-11,13H,12,14H2,1H3,(H,27,29). The Morgan fingerprint density at radius 3 is 2.77 bits per heavy atom.